The SMILES string of the molecule is CC1CC(=O)N(CC2CNC(C)CN2CC(=O)N2CC(C)(C)c3cnc(Cc4ccc(F)cc4)cc32)C1. The summed E-state index contributed by atoms with van der Waals surface area (Å²) in [6, 6.07) is 8.88. The third-order valence-corrected chi connectivity index (χ3v) is 8.02. The Bertz CT molecular complexity index is 1170. The van der Waals surface area contributed by atoms with Crippen molar-refractivity contribution in [2.45, 2.75) is 58.0 Å². The second-order valence-electron chi connectivity index (χ2n) is 11.9. The number of likely N-dealkylation sites (tertiary alicyclic amines) is 1. The van der Waals surface area contributed by atoms with Gasteiger partial charge in [-0.15, -0.1) is 0 Å². The van der Waals surface area contributed by atoms with Crippen LogP contribution >= 0.6 is 0 Å². The number of carbonyl (C=O) groups excluding carboxylic acids is 2. The van der Waals surface area contributed by atoms with E-state index in [2.05, 4.69) is 42.9 Å². The number of halogens is 1. The molecule has 198 valence electrons. The average molecular weight is 508 g/mol. The number of nitrogens with zero attached hydrogens (tertiary/aromatic N) is 4. The molecule has 3 aliphatic heterocycles. The van der Waals surface area contributed by atoms with Gasteiger partial charge in [-0.3, -0.25) is 19.5 Å². The second-order valence-corrected chi connectivity index (χ2v) is 11.9. The number of aromatic nitrogens is 1. The van der Waals surface area contributed by atoms with Gasteiger partial charge in [0, 0.05) is 80.5 Å². The van der Waals surface area contributed by atoms with Crippen LogP contribution in [0.3, 0.4) is 0 Å². The molecule has 2 aromatic rings. The molecular formula is C29H38FN5O2. The standard InChI is InChI=1S/C29H38FN5O2/c1-19-9-27(36)34(14-19)16-24-12-31-20(2)15-33(24)17-28(37)35-18-29(3,4)25-13-32-23(11-26(25)35)10-21-5-7-22(30)8-6-21/h5-8,11,13,19-20,24,31H,9-10,12,14-18H2,1-4H3. The highest BCUT2D eigenvalue weighted by molar-refractivity contribution is 5.97. The van der Waals surface area contributed by atoms with Gasteiger partial charge < -0.3 is 15.1 Å². The summed E-state index contributed by atoms with van der Waals surface area (Å²) >= 11 is 0. The number of benzene rings is 1. The van der Waals surface area contributed by atoms with Crippen LogP contribution in [0.2, 0.25) is 0 Å². The normalized spacial score (nSPS) is 25.5. The van der Waals surface area contributed by atoms with Crippen molar-refractivity contribution in [3.63, 3.8) is 0 Å². The molecule has 0 aliphatic carbocycles. The summed E-state index contributed by atoms with van der Waals surface area (Å²) in [4.78, 5) is 37.0. The quantitative estimate of drug-likeness (QED) is 0.651. The Labute approximate surface area is 219 Å². The summed E-state index contributed by atoms with van der Waals surface area (Å²) in [5.41, 5.74) is 3.64. The first kappa shape index (κ1) is 25.8. The molecule has 2 amide bonds. The van der Waals surface area contributed by atoms with Gasteiger partial charge in [0.05, 0.1) is 12.2 Å². The van der Waals surface area contributed by atoms with E-state index in [4.69, 9.17) is 0 Å². The van der Waals surface area contributed by atoms with Gasteiger partial charge in [-0.05, 0) is 36.6 Å². The fraction of sp³-hybridized carbons (Fsp3) is 0.552. The molecule has 1 aromatic carbocycles. The molecule has 5 rings (SSSR count). The van der Waals surface area contributed by atoms with Crippen molar-refractivity contribution in [2.24, 2.45) is 5.92 Å². The number of anilines is 1. The first-order chi connectivity index (χ1) is 17.6. The summed E-state index contributed by atoms with van der Waals surface area (Å²) in [5, 5.41) is 3.53. The predicted molar refractivity (Wildman–Crippen MR) is 142 cm³/mol. The summed E-state index contributed by atoms with van der Waals surface area (Å²) in [6.45, 7) is 12.5. The lowest BCUT2D eigenvalue weighted by molar-refractivity contribution is -0.128. The maximum absolute atomic E-state index is 13.8. The Hall–Kier alpha value is -2.84. The van der Waals surface area contributed by atoms with Crippen LogP contribution in [0.1, 0.15) is 50.9 Å². The fourth-order valence-electron chi connectivity index (χ4n) is 5.99. The zero-order valence-electron chi connectivity index (χ0n) is 22.3. The van der Waals surface area contributed by atoms with Crippen LogP contribution in [0.4, 0.5) is 10.1 Å². The minimum absolute atomic E-state index is 0.0750. The molecule has 1 aromatic heterocycles. The molecule has 0 saturated carbocycles. The van der Waals surface area contributed by atoms with E-state index in [0.29, 0.717) is 38.4 Å². The molecule has 7 nitrogen and oxygen atoms in total. The number of amides is 2. The van der Waals surface area contributed by atoms with Crippen LogP contribution < -0.4 is 10.2 Å². The van der Waals surface area contributed by atoms with Crippen molar-refractivity contribution in [1.29, 1.82) is 0 Å². The Morgan fingerprint density at radius 1 is 1.19 bits per heavy atom. The smallest absolute Gasteiger partial charge is 0.241 e. The first-order valence-corrected chi connectivity index (χ1v) is 13.4. The Balaban J connectivity index is 1.33. The molecule has 4 heterocycles. The van der Waals surface area contributed by atoms with E-state index in [9.17, 15) is 14.0 Å². The predicted octanol–water partition coefficient (Wildman–Crippen LogP) is 2.97. The van der Waals surface area contributed by atoms with Crippen molar-refractivity contribution in [3.8, 4) is 0 Å². The van der Waals surface area contributed by atoms with Crippen LogP contribution in [-0.4, -0.2) is 78.0 Å². The van der Waals surface area contributed by atoms with Crippen LogP contribution in [0.5, 0.6) is 0 Å². The number of nitrogens with one attached hydrogen (secondary N) is 1. The Morgan fingerprint density at radius 2 is 1.95 bits per heavy atom. The van der Waals surface area contributed by atoms with Crippen LogP contribution in [-0.2, 0) is 21.4 Å². The molecule has 8 heteroatoms. The van der Waals surface area contributed by atoms with Crippen LogP contribution in [0.25, 0.3) is 0 Å². The van der Waals surface area contributed by atoms with Gasteiger partial charge in [-0.25, -0.2) is 4.39 Å². The number of carbonyl (C=O) groups is 2. The van der Waals surface area contributed by atoms with E-state index >= 15 is 0 Å². The van der Waals surface area contributed by atoms with Gasteiger partial charge in [-0.1, -0.05) is 32.9 Å². The van der Waals surface area contributed by atoms with Crippen LogP contribution in [0, 0.1) is 11.7 Å². The molecule has 3 unspecified atom stereocenters. The van der Waals surface area contributed by atoms with Crippen molar-refractivity contribution >= 4 is 17.5 Å². The van der Waals surface area contributed by atoms with Crippen molar-refractivity contribution < 1.29 is 14.0 Å². The summed E-state index contributed by atoms with van der Waals surface area (Å²) in [7, 11) is 0. The van der Waals surface area contributed by atoms with E-state index in [1.54, 1.807) is 12.1 Å². The van der Waals surface area contributed by atoms with Gasteiger partial charge in [0.15, 0.2) is 0 Å². The highest BCUT2D eigenvalue weighted by atomic mass is 19.1. The van der Waals surface area contributed by atoms with Gasteiger partial charge in [0.2, 0.25) is 11.8 Å². The Morgan fingerprint density at radius 3 is 2.65 bits per heavy atom. The maximum Gasteiger partial charge on any atom is 0.241 e. The molecular weight excluding hydrogens is 469 g/mol. The van der Waals surface area contributed by atoms with E-state index in [0.717, 1.165) is 42.1 Å². The molecule has 0 bridgehead atoms. The molecule has 1 N–H and O–H groups in total. The molecule has 2 saturated heterocycles. The number of pyridine rings is 1. The summed E-state index contributed by atoms with van der Waals surface area (Å²) in [5.74, 6) is 0.423. The topological polar surface area (TPSA) is 68.8 Å². The molecule has 3 atom stereocenters. The molecule has 3 aliphatic rings. The average Bonchev–Trinajstić information content (AvgIpc) is 3.30. The zero-order chi connectivity index (χ0) is 26.3. The van der Waals surface area contributed by atoms with Gasteiger partial charge in [0.25, 0.3) is 0 Å². The number of piperazine rings is 1. The van der Waals surface area contributed by atoms with Crippen LogP contribution in [0.15, 0.2) is 36.5 Å². The molecule has 2 fully saturated rings. The largest absolute Gasteiger partial charge is 0.341 e. The summed E-state index contributed by atoms with van der Waals surface area (Å²) in [6.07, 6.45) is 3.09. The minimum atomic E-state index is -0.256. The van der Waals surface area contributed by atoms with E-state index in [1.165, 1.54) is 12.1 Å². The Kier molecular flexibility index (Phi) is 7.07. The minimum Gasteiger partial charge on any atom is -0.341 e. The lowest BCUT2D eigenvalue weighted by Gasteiger charge is -2.41. The molecule has 0 radical (unpaired) electrons. The van der Waals surface area contributed by atoms with Gasteiger partial charge in [-0.2, -0.15) is 0 Å². The fourth-order valence-corrected chi connectivity index (χ4v) is 5.99. The monoisotopic (exact) mass is 507 g/mol. The van der Waals surface area contributed by atoms with E-state index < -0.39 is 0 Å². The third-order valence-electron chi connectivity index (χ3n) is 8.02. The highest BCUT2D eigenvalue weighted by Gasteiger charge is 2.40. The van der Waals surface area contributed by atoms with Crippen molar-refractivity contribution in [1.82, 2.24) is 20.1 Å². The first-order valence-electron chi connectivity index (χ1n) is 13.4. The zero-order valence-corrected chi connectivity index (χ0v) is 22.3. The van der Waals surface area contributed by atoms with E-state index in [-0.39, 0.29) is 35.1 Å². The molecule has 0 spiro atoms. The second kappa shape index (κ2) is 10.1. The number of hydrogen-bond acceptors (Lipinski definition) is 5. The maximum atomic E-state index is 13.8. The summed E-state index contributed by atoms with van der Waals surface area (Å²) < 4.78 is 13.3. The van der Waals surface area contributed by atoms with Gasteiger partial charge >= 0.3 is 0 Å². The lowest BCUT2D eigenvalue weighted by Crippen LogP contribution is -2.61. The third kappa shape index (κ3) is 5.55. The van der Waals surface area contributed by atoms with E-state index in [1.807, 2.05) is 22.1 Å². The van der Waals surface area contributed by atoms with Gasteiger partial charge in [0.1, 0.15) is 5.82 Å². The van der Waals surface area contributed by atoms with Crippen molar-refractivity contribution in [2.75, 3.05) is 44.2 Å². The number of hydrogen-bond donors (Lipinski definition) is 1. The molecule has 37 heavy (non-hydrogen) atoms. The van der Waals surface area contributed by atoms with Crippen molar-refractivity contribution in [3.05, 3.63) is 59.2 Å². The number of rotatable bonds is 6. The lowest BCUT2D eigenvalue weighted by atomic mass is 9.88. The number of fused-ring (bicyclic) bond motifs is 1. The highest BCUT2D eigenvalue weighted by Crippen LogP contribution is 2.40.